The van der Waals surface area contributed by atoms with Gasteiger partial charge in [-0.05, 0) is 25.1 Å². The van der Waals surface area contributed by atoms with Crippen molar-refractivity contribution in [1.29, 1.82) is 0 Å². The molecule has 0 amide bonds. The molecule has 138 valence electrons. The summed E-state index contributed by atoms with van der Waals surface area (Å²) in [6.45, 7) is 6.22. The molecule has 2 aromatic heterocycles. The number of nitro groups is 1. The second-order valence-corrected chi connectivity index (χ2v) is 6.92. The van der Waals surface area contributed by atoms with Crippen molar-refractivity contribution in [1.82, 2.24) is 4.68 Å². The maximum Gasteiger partial charge on any atom is 0.288 e. The van der Waals surface area contributed by atoms with Gasteiger partial charge in [0, 0.05) is 17.0 Å². The second kappa shape index (κ2) is 8.15. The molecule has 27 heavy (non-hydrogen) atoms. The van der Waals surface area contributed by atoms with Crippen LogP contribution >= 0.6 is 22.9 Å². The molecule has 3 aromatic rings. The van der Waals surface area contributed by atoms with Gasteiger partial charge in [-0.1, -0.05) is 29.8 Å². The van der Waals surface area contributed by atoms with Crippen LogP contribution in [0.2, 0.25) is 5.02 Å². The van der Waals surface area contributed by atoms with Crippen molar-refractivity contribution in [2.45, 2.75) is 6.92 Å². The molecular formula is C18H15ClN4O3S. The van der Waals surface area contributed by atoms with Crippen molar-refractivity contribution in [2.75, 3.05) is 6.54 Å². The Morgan fingerprint density at radius 1 is 1.48 bits per heavy atom. The van der Waals surface area contributed by atoms with Crippen LogP contribution in [0.1, 0.15) is 12.5 Å². The first-order chi connectivity index (χ1) is 13.0. The molecule has 0 N–H and O–H groups in total. The number of rotatable bonds is 6. The lowest BCUT2D eigenvalue weighted by molar-refractivity contribution is -0.384. The standard InChI is InChI=1S/C18H15ClN4O3S/c1-12(2)9-20-18-22(16(11-27-18)17-4-3-7-26-17)21-10-13-5-6-14(19)15(8-13)23(24)25/h3-8,10-11H,1,9H2,2H3. The lowest BCUT2D eigenvalue weighted by Crippen LogP contribution is -2.12. The van der Waals surface area contributed by atoms with Gasteiger partial charge in [0.2, 0.25) is 4.80 Å². The average molecular weight is 403 g/mol. The molecule has 0 fully saturated rings. The highest BCUT2D eigenvalue weighted by Crippen LogP contribution is 2.25. The minimum Gasteiger partial charge on any atom is -0.463 e. The van der Waals surface area contributed by atoms with E-state index in [4.69, 9.17) is 16.0 Å². The van der Waals surface area contributed by atoms with E-state index in [0.29, 0.717) is 22.7 Å². The molecule has 0 aliphatic rings. The Bertz CT molecular complexity index is 1080. The highest BCUT2D eigenvalue weighted by Gasteiger charge is 2.13. The summed E-state index contributed by atoms with van der Waals surface area (Å²) in [5.41, 5.74) is 2.02. The molecule has 0 radical (unpaired) electrons. The lowest BCUT2D eigenvalue weighted by Gasteiger charge is -2.01. The molecule has 0 saturated heterocycles. The molecule has 0 unspecified atom stereocenters. The molecule has 3 rings (SSSR count). The van der Waals surface area contributed by atoms with Crippen LogP contribution in [0, 0.1) is 10.1 Å². The van der Waals surface area contributed by atoms with Crippen LogP contribution in [0.15, 0.2) is 68.6 Å². The molecule has 0 atom stereocenters. The fourth-order valence-electron chi connectivity index (χ4n) is 2.19. The van der Waals surface area contributed by atoms with E-state index in [0.717, 1.165) is 11.3 Å². The molecule has 0 spiro atoms. The minimum absolute atomic E-state index is 0.0776. The van der Waals surface area contributed by atoms with Gasteiger partial charge in [0.15, 0.2) is 5.76 Å². The predicted octanol–water partition coefficient (Wildman–Crippen LogP) is 4.73. The largest absolute Gasteiger partial charge is 0.463 e. The molecule has 1 aromatic carbocycles. The first kappa shape index (κ1) is 18.8. The van der Waals surface area contributed by atoms with Crippen molar-refractivity contribution in [3.63, 3.8) is 0 Å². The molecule has 2 heterocycles. The van der Waals surface area contributed by atoms with Gasteiger partial charge in [0.1, 0.15) is 10.7 Å². The quantitative estimate of drug-likeness (QED) is 0.258. The van der Waals surface area contributed by atoms with Crippen LogP contribution in [0.25, 0.3) is 11.5 Å². The van der Waals surface area contributed by atoms with Gasteiger partial charge >= 0.3 is 0 Å². The van der Waals surface area contributed by atoms with E-state index in [1.54, 1.807) is 23.1 Å². The summed E-state index contributed by atoms with van der Waals surface area (Å²) in [5.74, 6) is 0.641. The number of furan rings is 1. The normalized spacial score (nSPS) is 12.0. The summed E-state index contributed by atoms with van der Waals surface area (Å²) >= 11 is 7.27. The monoisotopic (exact) mass is 402 g/mol. The number of hydrogen-bond donors (Lipinski definition) is 0. The zero-order chi connectivity index (χ0) is 19.4. The SMILES string of the molecule is C=C(C)CN=c1scc(-c2ccco2)n1N=Cc1ccc(Cl)c([N+](=O)[O-])c1. The van der Waals surface area contributed by atoms with E-state index in [1.807, 2.05) is 18.4 Å². The van der Waals surface area contributed by atoms with Crippen LogP contribution in [-0.2, 0) is 0 Å². The minimum atomic E-state index is -0.528. The number of aromatic nitrogens is 1. The third-order valence-corrected chi connectivity index (χ3v) is 4.61. The van der Waals surface area contributed by atoms with Crippen molar-refractivity contribution >= 4 is 34.8 Å². The maximum atomic E-state index is 11.1. The van der Waals surface area contributed by atoms with Gasteiger partial charge < -0.3 is 4.42 Å². The average Bonchev–Trinajstić information content (AvgIpc) is 3.28. The third kappa shape index (κ3) is 4.42. The highest BCUT2D eigenvalue weighted by molar-refractivity contribution is 7.07. The first-order valence-electron chi connectivity index (χ1n) is 7.83. The van der Waals surface area contributed by atoms with Crippen molar-refractivity contribution in [3.8, 4) is 11.5 Å². The number of nitro benzene ring substituents is 1. The lowest BCUT2D eigenvalue weighted by atomic mass is 10.2. The summed E-state index contributed by atoms with van der Waals surface area (Å²) in [7, 11) is 0. The molecule has 0 saturated carbocycles. The summed E-state index contributed by atoms with van der Waals surface area (Å²) in [6.07, 6.45) is 3.09. The Labute approximate surface area is 163 Å². The van der Waals surface area contributed by atoms with Gasteiger partial charge in [0.25, 0.3) is 5.69 Å². The van der Waals surface area contributed by atoms with Crippen LogP contribution in [0.5, 0.6) is 0 Å². The van der Waals surface area contributed by atoms with Crippen molar-refractivity contribution < 1.29 is 9.34 Å². The van der Waals surface area contributed by atoms with Gasteiger partial charge in [-0.15, -0.1) is 11.3 Å². The molecule has 7 nitrogen and oxygen atoms in total. The van der Waals surface area contributed by atoms with Gasteiger partial charge in [-0.25, -0.2) is 4.68 Å². The Hall–Kier alpha value is -2.97. The fraction of sp³-hybridized carbons (Fsp3) is 0.111. The Balaban J connectivity index is 2.05. The van der Waals surface area contributed by atoms with E-state index in [1.165, 1.54) is 29.7 Å². The number of thiazole rings is 1. The van der Waals surface area contributed by atoms with E-state index >= 15 is 0 Å². The van der Waals surface area contributed by atoms with Crippen LogP contribution in [0.4, 0.5) is 5.69 Å². The summed E-state index contributed by atoms with van der Waals surface area (Å²) in [4.78, 5) is 15.7. The van der Waals surface area contributed by atoms with E-state index < -0.39 is 4.92 Å². The molecule has 0 bridgehead atoms. The predicted molar refractivity (Wildman–Crippen MR) is 106 cm³/mol. The number of nitrogens with zero attached hydrogens (tertiary/aromatic N) is 4. The van der Waals surface area contributed by atoms with Crippen LogP contribution < -0.4 is 4.80 Å². The highest BCUT2D eigenvalue weighted by atomic mass is 35.5. The van der Waals surface area contributed by atoms with Crippen molar-refractivity contribution in [3.05, 3.63) is 79.6 Å². The van der Waals surface area contributed by atoms with E-state index in [2.05, 4.69) is 16.7 Å². The number of halogens is 1. The van der Waals surface area contributed by atoms with E-state index in [9.17, 15) is 10.1 Å². The van der Waals surface area contributed by atoms with Gasteiger partial charge in [-0.2, -0.15) is 5.10 Å². The zero-order valence-electron chi connectivity index (χ0n) is 14.3. The summed E-state index contributed by atoms with van der Waals surface area (Å²) in [5, 5.41) is 17.5. The molecular weight excluding hydrogens is 388 g/mol. The Kier molecular flexibility index (Phi) is 5.68. The van der Waals surface area contributed by atoms with E-state index in [-0.39, 0.29) is 10.7 Å². The maximum absolute atomic E-state index is 11.1. The fourth-order valence-corrected chi connectivity index (χ4v) is 3.19. The molecule has 0 aliphatic carbocycles. The van der Waals surface area contributed by atoms with Crippen LogP contribution in [-0.4, -0.2) is 22.4 Å². The first-order valence-corrected chi connectivity index (χ1v) is 9.09. The van der Waals surface area contributed by atoms with Crippen molar-refractivity contribution in [2.24, 2.45) is 10.1 Å². The number of hydrogen-bond acceptors (Lipinski definition) is 6. The molecule has 9 heteroatoms. The van der Waals surface area contributed by atoms with Gasteiger partial charge in [-0.3, -0.25) is 15.1 Å². The topological polar surface area (TPSA) is 85.9 Å². The molecule has 0 aliphatic heterocycles. The van der Waals surface area contributed by atoms with Gasteiger partial charge in [0.05, 0.1) is 23.9 Å². The zero-order valence-corrected chi connectivity index (χ0v) is 15.9. The smallest absolute Gasteiger partial charge is 0.288 e. The Morgan fingerprint density at radius 3 is 2.96 bits per heavy atom. The second-order valence-electron chi connectivity index (χ2n) is 5.68. The summed E-state index contributed by atoms with van der Waals surface area (Å²) in [6, 6.07) is 8.11. The van der Waals surface area contributed by atoms with Crippen LogP contribution in [0.3, 0.4) is 0 Å². The number of benzene rings is 1. The summed E-state index contributed by atoms with van der Waals surface area (Å²) < 4.78 is 7.10. The Morgan fingerprint density at radius 2 is 2.30 bits per heavy atom. The third-order valence-electron chi connectivity index (χ3n) is 3.43.